The number of ether oxygens (including phenoxy) is 2. The molecule has 0 aliphatic carbocycles. The van der Waals surface area contributed by atoms with Crippen molar-refractivity contribution in [1.29, 1.82) is 0 Å². The fourth-order valence-corrected chi connectivity index (χ4v) is 5.36. The molecule has 1 aliphatic rings. The predicted octanol–water partition coefficient (Wildman–Crippen LogP) is 3.64. The highest BCUT2D eigenvalue weighted by molar-refractivity contribution is 7.89. The van der Waals surface area contributed by atoms with Crippen LogP contribution in [0.5, 0.6) is 5.75 Å². The molecule has 1 heterocycles. The van der Waals surface area contributed by atoms with Crippen LogP contribution in [-0.4, -0.2) is 52.0 Å². The average Bonchev–Trinajstić information content (AvgIpc) is 2.79. The third-order valence-corrected chi connectivity index (χ3v) is 7.65. The van der Waals surface area contributed by atoms with Crippen LogP contribution in [0.3, 0.4) is 0 Å². The smallest absolute Gasteiger partial charge is 0.251 e. The Hall–Kier alpha value is -2.42. The lowest BCUT2D eigenvalue weighted by Gasteiger charge is -2.26. The van der Waals surface area contributed by atoms with Crippen LogP contribution in [0.1, 0.15) is 59.8 Å². The largest absolute Gasteiger partial charge is 0.496 e. The van der Waals surface area contributed by atoms with E-state index in [-0.39, 0.29) is 22.8 Å². The molecule has 0 saturated carbocycles. The van der Waals surface area contributed by atoms with E-state index in [0.29, 0.717) is 31.9 Å². The Balaban J connectivity index is 1.82. The van der Waals surface area contributed by atoms with Crippen molar-refractivity contribution in [2.75, 3.05) is 33.4 Å². The number of morpholine rings is 1. The zero-order chi connectivity index (χ0) is 23.5. The number of sulfonamides is 1. The Bertz CT molecular complexity index is 1080. The van der Waals surface area contributed by atoms with E-state index < -0.39 is 10.0 Å². The molecule has 0 unspecified atom stereocenters. The summed E-state index contributed by atoms with van der Waals surface area (Å²) < 4.78 is 38.0. The van der Waals surface area contributed by atoms with Gasteiger partial charge in [-0.25, -0.2) is 8.42 Å². The number of benzene rings is 2. The van der Waals surface area contributed by atoms with Gasteiger partial charge in [0.25, 0.3) is 5.91 Å². The number of aryl methyl sites for hydroxylation is 1. The Morgan fingerprint density at radius 1 is 1.09 bits per heavy atom. The third-order valence-electron chi connectivity index (χ3n) is 5.76. The van der Waals surface area contributed by atoms with E-state index in [4.69, 9.17) is 9.47 Å². The van der Waals surface area contributed by atoms with Crippen molar-refractivity contribution in [1.82, 2.24) is 9.62 Å². The van der Waals surface area contributed by atoms with Crippen LogP contribution in [0.2, 0.25) is 0 Å². The first-order valence-electron chi connectivity index (χ1n) is 10.8. The summed E-state index contributed by atoms with van der Waals surface area (Å²) in [4.78, 5) is 13.1. The zero-order valence-electron chi connectivity index (χ0n) is 19.3. The highest BCUT2D eigenvalue weighted by Gasteiger charge is 2.27. The van der Waals surface area contributed by atoms with Gasteiger partial charge in [-0.05, 0) is 66.8 Å². The summed E-state index contributed by atoms with van der Waals surface area (Å²) in [7, 11) is -2.01. The molecule has 0 bridgehead atoms. The molecular formula is C24H32N2O5S. The molecule has 2 aromatic carbocycles. The van der Waals surface area contributed by atoms with Crippen LogP contribution in [-0.2, 0) is 14.8 Å². The quantitative estimate of drug-likeness (QED) is 0.682. The Labute approximate surface area is 190 Å². The maximum atomic E-state index is 13.0. The van der Waals surface area contributed by atoms with Gasteiger partial charge in [0.2, 0.25) is 10.0 Å². The first kappa shape index (κ1) is 24.2. The zero-order valence-corrected chi connectivity index (χ0v) is 20.2. The third kappa shape index (κ3) is 5.14. The lowest BCUT2D eigenvalue weighted by Crippen LogP contribution is -2.40. The van der Waals surface area contributed by atoms with E-state index >= 15 is 0 Å². The number of carbonyl (C=O) groups excluding carboxylic acids is 1. The van der Waals surface area contributed by atoms with E-state index in [1.54, 1.807) is 19.2 Å². The summed E-state index contributed by atoms with van der Waals surface area (Å²) in [6.45, 7) is 9.47. The molecule has 1 saturated heterocycles. The lowest BCUT2D eigenvalue weighted by molar-refractivity contribution is 0.0730. The monoisotopic (exact) mass is 460 g/mol. The highest BCUT2D eigenvalue weighted by atomic mass is 32.2. The van der Waals surface area contributed by atoms with Crippen molar-refractivity contribution >= 4 is 15.9 Å². The van der Waals surface area contributed by atoms with Gasteiger partial charge >= 0.3 is 0 Å². The van der Waals surface area contributed by atoms with Gasteiger partial charge in [0.1, 0.15) is 5.75 Å². The number of nitrogens with zero attached hydrogens (tertiary/aromatic N) is 1. The number of rotatable bonds is 7. The molecule has 7 nitrogen and oxygen atoms in total. The van der Waals surface area contributed by atoms with Crippen LogP contribution in [0.25, 0.3) is 0 Å². The minimum Gasteiger partial charge on any atom is -0.496 e. The molecule has 3 rings (SSSR count). The number of hydrogen-bond donors (Lipinski definition) is 1. The van der Waals surface area contributed by atoms with E-state index in [9.17, 15) is 13.2 Å². The second kappa shape index (κ2) is 10.0. The molecule has 1 amide bonds. The molecule has 0 spiro atoms. The Kier molecular flexibility index (Phi) is 7.59. The fraction of sp³-hybridized carbons (Fsp3) is 0.458. The number of amides is 1. The number of methoxy groups -OCH3 is 1. The van der Waals surface area contributed by atoms with Crippen LogP contribution in [0.4, 0.5) is 0 Å². The summed E-state index contributed by atoms with van der Waals surface area (Å²) in [5.74, 6) is 0.785. The second-order valence-corrected chi connectivity index (χ2v) is 10.3. The van der Waals surface area contributed by atoms with Gasteiger partial charge in [0.15, 0.2) is 0 Å². The van der Waals surface area contributed by atoms with Gasteiger partial charge in [0.05, 0.1) is 31.3 Å². The summed E-state index contributed by atoms with van der Waals surface area (Å²) in [6, 6.07) is 9.99. The predicted molar refractivity (Wildman–Crippen MR) is 124 cm³/mol. The van der Waals surface area contributed by atoms with E-state index in [0.717, 1.165) is 22.4 Å². The molecule has 2 aromatic rings. The summed E-state index contributed by atoms with van der Waals surface area (Å²) >= 11 is 0. The molecule has 0 aromatic heterocycles. The van der Waals surface area contributed by atoms with Crippen molar-refractivity contribution in [3.63, 3.8) is 0 Å². The van der Waals surface area contributed by atoms with Gasteiger partial charge in [-0.3, -0.25) is 4.79 Å². The summed E-state index contributed by atoms with van der Waals surface area (Å²) in [5.41, 5.74) is 3.40. The van der Waals surface area contributed by atoms with Crippen LogP contribution >= 0.6 is 0 Å². The molecule has 1 fully saturated rings. The molecule has 32 heavy (non-hydrogen) atoms. The number of carbonyl (C=O) groups is 1. The van der Waals surface area contributed by atoms with E-state index in [1.165, 1.54) is 16.4 Å². The minimum atomic E-state index is -3.67. The normalized spacial score (nSPS) is 16.1. The number of hydrogen-bond acceptors (Lipinski definition) is 5. The maximum Gasteiger partial charge on any atom is 0.251 e. The minimum absolute atomic E-state index is 0.113. The van der Waals surface area contributed by atoms with E-state index in [2.05, 4.69) is 25.2 Å². The van der Waals surface area contributed by atoms with Crippen molar-refractivity contribution in [3.8, 4) is 5.75 Å². The topological polar surface area (TPSA) is 84.9 Å². The molecule has 174 valence electrons. The lowest BCUT2D eigenvalue weighted by atomic mass is 9.93. The Morgan fingerprint density at radius 3 is 2.41 bits per heavy atom. The molecule has 1 aliphatic heterocycles. The van der Waals surface area contributed by atoms with Gasteiger partial charge in [-0.15, -0.1) is 0 Å². The van der Waals surface area contributed by atoms with Crippen molar-refractivity contribution < 1.29 is 22.7 Å². The molecule has 0 radical (unpaired) electrons. The van der Waals surface area contributed by atoms with Gasteiger partial charge < -0.3 is 14.8 Å². The fourth-order valence-electron chi connectivity index (χ4n) is 3.90. The molecular weight excluding hydrogens is 428 g/mol. The first-order chi connectivity index (χ1) is 15.1. The maximum absolute atomic E-state index is 13.0. The SMILES string of the molecule is COc1cc(C)c([C@H](C)NC(=O)c2cccc(S(=O)(=O)N3CCOCC3)c2)cc1C(C)C. The first-order valence-corrected chi connectivity index (χ1v) is 12.3. The second-order valence-electron chi connectivity index (χ2n) is 8.34. The summed E-state index contributed by atoms with van der Waals surface area (Å²) in [6.07, 6.45) is 0. The highest BCUT2D eigenvalue weighted by Crippen LogP contribution is 2.32. The summed E-state index contributed by atoms with van der Waals surface area (Å²) in [5, 5.41) is 3.01. The standard InChI is InChI=1S/C24H32N2O5S/c1-16(2)21-15-22(17(3)13-23(21)30-5)18(4)25-24(27)19-7-6-8-20(14-19)32(28,29)26-9-11-31-12-10-26/h6-8,13-16,18H,9-12H2,1-5H3,(H,25,27)/t18-/m0/s1. The van der Waals surface area contributed by atoms with Gasteiger partial charge in [0, 0.05) is 18.7 Å². The van der Waals surface area contributed by atoms with Crippen LogP contribution < -0.4 is 10.1 Å². The van der Waals surface area contributed by atoms with E-state index in [1.807, 2.05) is 19.9 Å². The van der Waals surface area contributed by atoms with Gasteiger partial charge in [-0.1, -0.05) is 19.9 Å². The van der Waals surface area contributed by atoms with Crippen molar-refractivity contribution in [2.45, 2.75) is 44.6 Å². The van der Waals surface area contributed by atoms with Crippen LogP contribution in [0.15, 0.2) is 41.3 Å². The average molecular weight is 461 g/mol. The van der Waals surface area contributed by atoms with Crippen molar-refractivity contribution in [2.24, 2.45) is 0 Å². The van der Waals surface area contributed by atoms with Crippen LogP contribution in [0, 0.1) is 6.92 Å². The Morgan fingerprint density at radius 2 is 1.78 bits per heavy atom. The molecule has 8 heteroatoms. The van der Waals surface area contributed by atoms with Crippen molar-refractivity contribution in [3.05, 3.63) is 58.7 Å². The number of nitrogens with one attached hydrogen (secondary N) is 1. The molecule has 1 atom stereocenters. The van der Waals surface area contributed by atoms with Gasteiger partial charge in [-0.2, -0.15) is 4.31 Å². The molecule has 1 N–H and O–H groups in total.